The molecular weight excluding hydrogens is 207 g/mol. The van der Waals surface area contributed by atoms with Crippen molar-refractivity contribution in [3.8, 4) is 0 Å². The van der Waals surface area contributed by atoms with Crippen LogP contribution in [0.5, 0.6) is 0 Å². The molecule has 0 rings (SSSR count). The molecule has 0 heterocycles. The van der Waals surface area contributed by atoms with Gasteiger partial charge in [-0.15, -0.1) is 0 Å². The number of hydrogen-bond acceptors (Lipinski definition) is 4. The van der Waals surface area contributed by atoms with Crippen molar-refractivity contribution >= 4 is 45.6 Å². The Bertz CT molecular complexity index is 294. The summed E-state index contributed by atoms with van der Waals surface area (Å²) in [5, 5.41) is 0. The van der Waals surface area contributed by atoms with E-state index in [9.17, 15) is 13.2 Å². The fourth-order valence-electron chi connectivity index (χ4n) is 0.312. The van der Waals surface area contributed by atoms with Gasteiger partial charge in [0, 0.05) is 5.57 Å². The molecule has 0 amide bonds. The van der Waals surface area contributed by atoms with Gasteiger partial charge in [0.2, 0.25) is 5.44 Å². The summed E-state index contributed by atoms with van der Waals surface area (Å²) in [7, 11) is -4.32. The van der Waals surface area contributed by atoms with Crippen molar-refractivity contribution < 1.29 is 22.5 Å². The van der Waals surface area contributed by atoms with Crippen molar-refractivity contribution in [1.29, 1.82) is 0 Å². The molecule has 0 aromatic rings. The molecule has 0 spiro atoms. The van der Waals surface area contributed by atoms with Gasteiger partial charge in [0.25, 0.3) is 0 Å². The summed E-state index contributed by atoms with van der Waals surface area (Å²) >= 11 is 0. The van der Waals surface area contributed by atoms with Gasteiger partial charge in [-0.1, -0.05) is 6.58 Å². The average Bonchev–Trinajstić information content (AvgIpc) is 1.85. The molecule has 7 heteroatoms. The third-order valence-electron chi connectivity index (χ3n) is 1.04. The van der Waals surface area contributed by atoms with Gasteiger partial charge in [0.1, 0.15) is 0 Å². The Morgan fingerprint density at radius 1 is 1.54 bits per heavy atom. The van der Waals surface area contributed by atoms with Crippen LogP contribution >= 0.6 is 0 Å². The third kappa shape index (κ3) is 6.23. The zero-order valence-electron chi connectivity index (χ0n) is 6.77. The van der Waals surface area contributed by atoms with Crippen molar-refractivity contribution in [2.75, 3.05) is 0 Å². The van der Waals surface area contributed by atoms with E-state index in [4.69, 9.17) is 4.55 Å². The van der Waals surface area contributed by atoms with Crippen molar-refractivity contribution in [3.63, 3.8) is 0 Å². The molecule has 5 nitrogen and oxygen atoms in total. The average molecular weight is 218 g/mol. The number of ether oxygens (including phenoxy) is 1. The number of hydrogen-bond donors (Lipinski definition) is 1. The Kier molecular flexibility index (Phi) is 6.91. The molecule has 1 atom stereocenters. The van der Waals surface area contributed by atoms with Crippen LogP contribution in [-0.4, -0.2) is 53.9 Å². The second-order valence-electron chi connectivity index (χ2n) is 2.27. The minimum atomic E-state index is -4.32. The molecule has 13 heavy (non-hydrogen) atoms. The summed E-state index contributed by atoms with van der Waals surface area (Å²) in [4.78, 5) is 10.7. The molecule has 72 valence electrons. The Morgan fingerprint density at radius 3 is 2.15 bits per heavy atom. The number of esters is 1. The van der Waals surface area contributed by atoms with Gasteiger partial charge in [-0.3, -0.25) is 4.55 Å². The van der Waals surface area contributed by atoms with Crippen LogP contribution in [0.4, 0.5) is 0 Å². The summed E-state index contributed by atoms with van der Waals surface area (Å²) in [6, 6.07) is 0. The van der Waals surface area contributed by atoms with Gasteiger partial charge in [0.05, 0.1) is 0 Å². The van der Waals surface area contributed by atoms with Crippen LogP contribution in [0.2, 0.25) is 0 Å². The van der Waals surface area contributed by atoms with Gasteiger partial charge in [0.15, 0.2) is 0 Å². The van der Waals surface area contributed by atoms with Gasteiger partial charge < -0.3 is 4.74 Å². The van der Waals surface area contributed by atoms with Gasteiger partial charge >= 0.3 is 45.6 Å². The van der Waals surface area contributed by atoms with Crippen LogP contribution in [-0.2, 0) is 19.6 Å². The first kappa shape index (κ1) is 15.6. The van der Waals surface area contributed by atoms with E-state index < -0.39 is 21.5 Å². The summed E-state index contributed by atoms with van der Waals surface area (Å²) < 4.78 is 33.4. The van der Waals surface area contributed by atoms with Crippen LogP contribution in [0.15, 0.2) is 12.2 Å². The molecule has 0 saturated carbocycles. The van der Waals surface area contributed by atoms with Gasteiger partial charge in [-0.2, -0.15) is 8.42 Å². The molecule has 0 radical (unpaired) electrons. The fourth-order valence-corrected chi connectivity index (χ4v) is 0.521. The predicted octanol–water partition coefficient (Wildman–Crippen LogP) is -0.309. The monoisotopic (exact) mass is 218 g/mol. The Labute approximate surface area is 99.2 Å². The summed E-state index contributed by atoms with van der Waals surface area (Å²) in [5.41, 5.74) is -1.48. The summed E-state index contributed by atoms with van der Waals surface area (Å²) in [6.45, 7) is 5.66. The fraction of sp³-hybridized carbons (Fsp3) is 0.500. The Hall–Kier alpha value is 0.120. The molecule has 1 unspecified atom stereocenters. The van der Waals surface area contributed by atoms with Crippen molar-refractivity contribution in [2.45, 2.75) is 19.3 Å². The van der Waals surface area contributed by atoms with E-state index in [2.05, 4.69) is 11.3 Å². The summed E-state index contributed by atoms with van der Waals surface area (Å²) in [5.74, 6) is -0.847. The SMILES string of the molecule is C=C(C)C(=O)OC(C)S(=O)(=O)O.[NaH]. The van der Waals surface area contributed by atoms with Crippen molar-refractivity contribution in [3.05, 3.63) is 12.2 Å². The quantitative estimate of drug-likeness (QED) is 0.304. The zero-order valence-corrected chi connectivity index (χ0v) is 7.59. The van der Waals surface area contributed by atoms with Gasteiger partial charge in [-0.05, 0) is 13.8 Å². The molecule has 0 aliphatic rings. The maximum absolute atomic E-state index is 10.7. The molecule has 1 N–H and O–H groups in total. The minimum absolute atomic E-state index is 0. The van der Waals surface area contributed by atoms with Crippen LogP contribution in [0, 0.1) is 0 Å². The van der Waals surface area contributed by atoms with E-state index >= 15 is 0 Å². The molecular formula is C6H11NaO5S. The van der Waals surface area contributed by atoms with E-state index in [1.807, 2.05) is 0 Å². The first-order valence-electron chi connectivity index (χ1n) is 3.08. The second kappa shape index (κ2) is 5.77. The van der Waals surface area contributed by atoms with E-state index in [1.165, 1.54) is 6.92 Å². The molecule has 0 aromatic carbocycles. The third-order valence-corrected chi connectivity index (χ3v) is 1.98. The van der Waals surface area contributed by atoms with E-state index in [-0.39, 0.29) is 35.1 Å². The molecule has 0 aliphatic heterocycles. The first-order chi connectivity index (χ1) is 5.25. The molecule has 0 fully saturated rings. The van der Waals surface area contributed by atoms with Crippen LogP contribution in [0.1, 0.15) is 13.8 Å². The van der Waals surface area contributed by atoms with Crippen molar-refractivity contribution in [1.82, 2.24) is 0 Å². The van der Waals surface area contributed by atoms with Crippen LogP contribution in [0.3, 0.4) is 0 Å². The maximum atomic E-state index is 10.7. The van der Waals surface area contributed by atoms with Crippen LogP contribution in [0.25, 0.3) is 0 Å². The molecule has 0 bridgehead atoms. The zero-order chi connectivity index (χ0) is 9.94. The standard InChI is InChI=1S/C6H10O5S.Na.H/c1-4(2)6(7)11-5(3)12(8,9)10;;/h5H,1H2,2-3H3,(H,8,9,10);;. The van der Waals surface area contributed by atoms with Crippen molar-refractivity contribution in [2.24, 2.45) is 0 Å². The molecule has 0 saturated heterocycles. The van der Waals surface area contributed by atoms with E-state index in [0.717, 1.165) is 6.92 Å². The van der Waals surface area contributed by atoms with E-state index in [0.29, 0.717) is 0 Å². The molecule has 0 aliphatic carbocycles. The number of rotatable bonds is 3. The van der Waals surface area contributed by atoms with E-state index in [1.54, 1.807) is 0 Å². The Morgan fingerprint density at radius 2 is 1.92 bits per heavy atom. The topological polar surface area (TPSA) is 80.7 Å². The summed E-state index contributed by atoms with van der Waals surface area (Å²) in [6.07, 6.45) is 0. The molecule has 0 aromatic heterocycles. The number of carbonyl (C=O) groups is 1. The second-order valence-corrected chi connectivity index (χ2v) is 3.96. The number of carbonyl (C=O) groups excluding carboxylic acids is 1. The predicted molar refractivity (Wildman–Crippen MR) is 49.1 cm³/mol. The van der Waals surface area contributed by atoms with Crippen LogP contribution < -0.4 is 0 Å². The Balaban J connectivity index is 0. The normalized spacial score (nSPS) is 12.5. The first-order valence-corrected chi connectivity index (χ1v) is 4.58. The van der Waals surface area contributed by atoms with Gasteiger partial charge in [-0.25, -0.2) is 4.79 Å².